The van der Waals surface area contributed by atoms with Crippen LogP contribution in [0.4, 0.5) is 0 Å². The van der Waals surface area contributed by atoms with Crippen LogP contribution in [0.2, 0.25) is 0 Å². The zero-order valence-corrected chi connectivity index (χ0v) is 11.7. The summed E-state index contributed by atoms with van der Waals surface area (Å²) in [5.74, 6) is 0.0828. The SMILES string of the molecule is CCCCN(C)CC(=O)NC(C(C)=O)C(C)C. The van der Waals surface area contributed by atoms with E-state index in [9.17, 15) is 9.59 Å². The molecule has 0 aliphatic rings. The summed E-state index contributed by atoms with van der Waals surface area (Å²) in [5.41, 5.74) is 0. The number of Topliss-reactive ketones (excluding diaryl/α,β-unsaturated/α-hetero) is 1. The summed E-state index contributed by atoms with van der Waals surface area (Å²) in [7, 11) is 1.92. The van der Waals surface area contributed by atoms with Crippen molar-refractivity contribution in [2.75, 3.05) is 20.1 Å². The molecule has 0 aromatic rings. The number of hydrogen-bond acceptors (Lipinski definition) is 3. The van der Waals surface area contributed by atoms with Gasteiger partial charge in [-0.15, -0.1) is 0 Å². The topological polar surface area (TPSA) is 49.4 Å². The number of likely N-dealkylation sites (N-methyl/N-ethyl adjacent to an activating group) is 1. The molecule has 0 spiro atoms. The summed E-state index contributed by atoms with van der Waals surface area (Å²) >= 11 is 0. The van der Waals surface area contributed by atoms with E-state index in [1.165, 1.54) is 6.92 Å². The summed E-state index contributed by atoms with van der Waals surface area (Å²) in [4.78, 5) is 25.1. The van der Waals surface area contributed by atoms with Gasteiger partial charge in [-0.2, -0.15) is 0 Å². The minimum atomic E-state index is -0.359. The van der Waals surface area contributed by atoms with E-state index in [-0.39, 0.29) is 23.7 Å². The highest BCUT2D eigenvalue weighted by Gasteiger charge is 2.20. The van der Waals surface area contributed by atoms with Gasteiger partial charge >= 0.3 is 0 Å². The minimum absolute atomic E-state index is 0.0181. The van der Waals surface area contributed by atoms with E-state index in [0.29, 0.717) is 6.54 Å². The van der Waals surface area contributed by atoms with Gasteiger partial charge < -0.3 is 5.32 Å². The van der Waals surface area contributed by atoms with Crippen LogP contribution in [0.25, 0.3) is 0 Å². The normalized spacial score (nSPS) is 12.9. The van der Waals surface area contributed by atoms with Crippen LogP contribution < -0.4 is 5.32 Å². The van der Waals surface area contributed by atoms with Crippen molar-refractivity contribution in [2.45, 2.75) is 46.6 Å². The van der Waals surface area contributed by atoms with Crippen molar-refractivity contribution in [3.63, 3.8) is 0 Å². The average Bonchev–Trinajstić information content (AvgIpc) is 2.22. The maximum absolute atomic E-state index is 11.7. The summed E-state index contributed by atoms with van der Waals surface area (Å²) in [6.45, 7) is 8.79. The molecule has 0 aromatic carbocycles. The third-order valence-corrected chi connectivity index (χ3v) is 2.73. The van der Waals surface area contributed by atoms with Crippen molar-refractivity contribution in [3.8, 4) is 0 Å². The van der Waals surface area contributed by atoms with E-state index in [2.05, 4.69) is 12.2 Å². The van der Waals surface area contributed by atoms with E-state index < -0.39 is 0 Å². The molecule has 0 rings (SSSR count). The molecule has 0 aliphatic heterocycles. The maximum atomic E-state index is 11.7. The van der Waals surface area contributed by atoms with Gasteiger partial charge in [0.05, 0.1) is 12.6 Å². The number of carbonyl (C=O) groups is 2. The number of nitrogens with zero attached hydrogens (tertiary/aromatic N) is 1. The Labute approximate surface area is 105 Å². The maximum Gasteiger partial charge on any atom is 0.234 e. The van der Waals surface area contributed by atoms with Crippen LogP contribution in [0.3, 0.4) is 0 Å². The summed E-state index contributed by atoms with van der Waals surface area (Å²) in [5, 5.41) is 2.79. The first-order chi connectivity index (χ1) is 7.88. The molecule has 0 saturated heterocycles. The molecule has 1 unspecified atom stereocenters. The molecule has 0 saturated carbocycles. The molecule has 0 heterocycles. The van der Waals surface area contributed by atoms with E-state index in [1.54, 1.807) is 0 Å². The highest BCUT2D eigenvalue weighted by atomic mass is 16.2. The number of hydrogen-bond donors (Lipinski definition) is 1. The Bertz CT molecular complexity index is 252. The molecule has 4 heteroatoms. The Kier molecular flexibility index (Phi) is 7.79. The van der Waals surface area contributed by atoms with Crippen molar-refractivity contribution < 1.29 is 9.59 Å². The fraction of sp³-hybridized carbons (Fsp3) is 0.846. The highest BCUT2D eigenvalue weighted by Crippen LogP contribution is 2.02. The Balaban J connectivity index is 4.10. The predicted octanol–water partition coefficient (Wildman–Crippen LogP) is 1.45. The third kappa shape index (κ3) is 7.10. The molecule has 0 fully saturated rings. The molecule has 4 nitrogen and oxygen atoms in total. The van der Waals surface area contributed by atoms with E-state index >= 15 is 0 Å². The Hall–Kier alpha value is -0.900. The van der Waals surface area contributed by atoms with E-state index in [4.69, 9.17) is 0 Å². The van der Waals surface area contributed by atoms with Gasteiger partial charge in [-0.05, 0) is 32.9 Å². The van der Waals surface area contributed by atoms with Crippen LogP contribution in [-0.2, 0) is 9.59 Å². The predicted molar refractivity (Wildman–Crippen MR) is 69.9 cm³/mol. The van der Waals surface area contributed by atoms with Crippen molar-refractivity contribution in [3.05, 3.63) is 0 Å². The molecule has 17 heavy (non-hydrogen) atoms. The quantitative estimate of drug-likeness (QED) is 0.701. The third-order valence-electron chi connectivity index (χ3n) is 2.73. The number of ketones is 1. The van der Waals surface area contributed by atoms with Crippen LogP contribution in [0.1, 0.15) is 40.5 Å². The second-order valence-electron chi connectivity index (χ2n) is 4.99. The number of nitrogens with one attached hydrogen (secondary N) is 1. The van der Waals surface area contributed by atoms with Gasteiger partial charge in [-0.3, -0.25) is 14.5 Å². The summed E-state index contributed by atoms with van der Waals surface area (Å²) in [6, 6.07) is -0.359. The van der Waals surface area contributed by atoms with E-state index in [1.807, 2.05) is 25.8 Å². The van der Waals surface area contributed by atoms with Crippen molar-refractivity contribution in [1.29, 1.82) is 0 Å². The number of unbranched alkanes of at least 4 members (excludes halogenated alkanes) is 1. The van der Waals surface area contributed by atoms with Gasteiger partial charge in [0.15, 0.2) is 5.78 Å². The monoisotopic (exact) mass is 242 g/mol. The van der Waals surface area contributed by atoms with Crippen molar-refractivity contribution in [1.82, 2.24) is 10.2 Å². The molecule has 0 radical (unpaired) electrons. The Morgan fingerprint density at radius 3 is 2.29 bits per heavy atom. The first-order valence-electron chi connectivity index (χ1n) is 6.36. The van der Waals surface area contributed by atoms with Crippen LogP contribution in [0, 0.1) is 5.92 Å². The molecule has 100 valence electrons. The lowest BCUT2D eigenvalue weighted by Gasteiger charge is -2.22. The van der Waals surface area contributed by atoms with Gasteiger partial charge in [-0.25, -0.2) is 0 Å². The van der Waals surface area contributed by atoms with Gasteiger partial charge in [0.1, 0.15) is 0 Å². The summed E-state index contributed by atoms with van der Waals surface area (Å²) in [6.07, 6.45) is 2.21. The lowest BCUT2D eigenvalue weighted by molar-refractivity contribution is -0.128. The van der Waals surface area contributed by atoms with Gasteiger partial charge in [0.25, 0.3) is 0 Å². The van der Waals surface area contributed by atoms with Crippen molar-refractivity contribution in [2.24, 2.45) is 5.92 Å². The van der Waals surface area contributed by atoms with Crippen LogP contribution in [-0.4, -0.2) is 42.8 Å². The molecular weight excluding hydrogens is 216 g/mol. The molecule has 0 aliphatic carbocycles. The molecule has 1 atom stereocenters. The molecule has 1 N–H and O–H groups in total. The first kappa shape index (κ1) is 16.1. The van der Waals surface area contributed by atoms with Gasteiger partial charge in [0.2, 0.25) is 5.91 Å². The second-order valence-corrected chi connectivity index (χ2v) is 4.99. The smallest absolute Gasteiger partial charge is 0.234 e. The summed E-state index contributed by atoms with van der Waals surface area (Å²) < 4.78 is 0. The Morgan fingerprint density at radius 2 is 1.88 bits per heavy atom. The first-order valence-corrected chi connectivity index (χ1v) is 6.36. The zero-order valence-electron chi connectivity index (χ0n) is 11.7. The highest BCUT2D eigenvalue weighted by molar-refractivity contribution is 5.88. The average molecular weight is 242 g/mol. The van der Waals surface area contributed by atoms with Gasteiger partial charge in [-0.1, -0.05) is 27.2 Å². The van der Waals surface area contributed by atoms with Gasteiger partial charge in [0, 0.05) is 0 Å². The standard InChI is InChI=1S/C13H26N2O2/c1-6-7-8-15(5)9-12(17)14-13(10(2)3)11(4)16/h10,13H,6-9H2,1-5H3,(H,14,17). The van der Waals surface area contributed by atoms with Crippen LogP contribution in [0.15, 0.2) is 0 Å². The molecule has 0 aromatic heterocycles. The molecule has 0 bridgehead atoms. The zero-order chi connectivity index (χ0) is 13.4. The lowest BCUT2D eigenvalue weighted by Crippen LogP contribution is -2.46. The van der Waals surface area contributed by atoms with E-state index in [0.717, 1.165) is 19.4 Å². The molecule has 1 amide bonds. The Morgan fingerprint density at radius 1 is 1.29 bits per heavy atom. The largest absolute Gasteiger partial charge is 0.345 e. The van der Waals surface area contributed by atoms with Crippen LogP contribution in [0.5, 0.6) is 0 Å². The van der Waals surface area contributed by atoms with Crippen LogP contribution >= 0.6 is 0 Å². The molecular formula is C13H26N2O2. The number of amides is 1. The van der Waals surface area contributed by atoms with Crippen molar-refractivity contribution >= 4 is 11.7 Å². The number of carbonyl (C=O) groups excluding carboxylic acids is 2. The number of rotatable bonds is 8. The fourth-order valence-corrected chi connectivity index (χ4v) is 1.71. The lowest BCUT2D eigenvalue weighted by atomic mass is 10.0. The fourth-order valence-electron chi connectivity index (χ4n) is 1.71. The minimum Gasteiger partial charge on any atom is -0.345 e. The second kappa shape index (κ2) is 8.23.